The van der Waals surface area contributed by atoms with Crippen LogP contribution in [0, 0.1) is 18.7 Å². The number of aryl methyl sites for hydroxylation is 1. The van der Waals surface area contributed by atoms with E-state index in [1.807, 2.05) is 29.7 Å². The Balaban J connectivity index is 1.93. The molecule has 0 aliphatic rings. The number of nitrogens with one attached hydrogen (secondary N) is 1. The molecule has 5 heteroatoms. The summed E-state index contributed by atoms with van der Waals surface area (Å²) in [5.74, 6) is -0.261. The van der Waals surface area contributed by atoms with Crippen LogP contribution in [0.5, 0.6) is 0 Å². The standard InChI is InChI=1S/C22H26FN3O/c1-15(2)8-10-24-22(27)13-18(17-6-4-5-7-19(17)23)20-14-25-21-12-16(3)9-11-26(20)21/h4-7,9,11-12,14-15,18H,8,10,13H2,1-3H3,(H,24,27). The molecule has 4 nitrogen and oxygen atoms in total. The van der Waals surface area contributed by atoms with E-state index in [9.17, 15) is 9.18 Å². The first kappa shape index (κ1) is 19.1. The minimum atomic E-state index is -0.400. The fourth-order valence-electron chi connectivity index (χ4n) is 3.25. The minimum absolute atomic E-state index is 0.0778. The van der Waals surface area contributed by atoms with Gasteiger partial charge >= 0.3 is 0 Å². The van der Waals surface area contributed by atoms with Crippen LogP contribution in [-0.4, -0.2) is 21.8 Å². The summed E-state index contributed by atoms with van der Waals surface area (Å²) in [4.78, 5) is 17.0. The molecule has 2 heterocycles. The average molecular weight is 367 g/mol. The van der Waals surface area contributed by atoms with Gasteiger partial charge in [0.1, 0.15) is 11.5 Å². The molecule has 0 fully saturated rings. The lowest BCUT2D eigenvalue weighted by molar-refractivity contribution is -0.121. The molecular weight excluding hydrogens is 341 g/mol. The number of halogens is 1. The summed E-state index contributed by atoms with van der Waals surface area (Å²) in [6.45, 7) is 6.88. The number of hydrogen-bond acceptors (Lipinski definition) is 2. The molecule has 2 aromatic heterocycles. The van der Waals surface area contributed by atoms with Crippen molar-refractivity contribution in [2.75, 3.05) is 6.54 Å². The van der Waals surface area contributed by atoms with Crippen LogP contribution in [0.3, 0.4) is 0 Å². The van der Waals surface area contributed by atoms with Crippen LogP contribution in [0.15, 0.2) is 48.8 Å². The monoisotopic (exact) mass is 367 g/mol. The molecule has 0 radical (unpaired) electrons. The zero-order valence-electron chi connectivity index (χ0n) is 16.1. The molecule has 3 aromatic rings. The van der Waals surface area contributed by atoms with Crippen molar-refractivity contribution in [2.45, 2.75) is 39.5 Å². The number of imidazole rings is 1. The topological polar surface area (TPSA) is 46.4 Å². The Morgan fingerprint density at radius 1 is 1.26 bits per heavy atom. The van der Waals surface area contributed by atoms with Crippen molar-refractivity contribution in [3.63, 3.8) is 0 Å². The first-order valence-corrected chi connectivity index (χ1v) is 9.40. The maximum atomic E-state index is 14.5. The molecule has 142 valence electrons. The van der Waals surface area contributed by atoms with Crippen molar-refractivity contribution >= 4 is 11.6 Å². The normalized spacial score (nSPS) is 12.5. The predicted molar refractivity (Wildman–Crippen MR) is 105 cm³/mol. The van der Waals surface area contributed by atoms with E-state index in [1.54, 1.807) is 24.4 Å². The minimum Gasteiger partial charge on any atom is -0.356 e. The van der Waals surface area contributed by atoms with Crippen molar-refractivity contribution in [1.82, 2.24) is 14.7 Å². The van der Waals surface area contributed by atoms with E-state index in [0.717, 1.165) is 23.3 Å². The number of benzene rings is 1. The van der Waals surface area contributed by atoms with Gasteiger partial charge in [-0.05, 0) is 48.6 Å². The Morgan fingerprint density at radius 2 is 2.04 bits per heavy atom. The third kappa shape index (κ3) is 4.54. The first-order chi connectivity index (χ1) is 13.0. The predicted octanol–water partition coefficient (Wildman–Crippen LogP) is 4.47. The summed E-state index contributed by atoms with van der Waals surface area (Å²) >= 11 is 0. The van der Waals surface area contributed by atoms with Gasteiger partial charge in [-0.25, -0.2) is 9.37 Å². The Bertz CT molecular complexity index is 932. The summed E-state index contributed by atoms with van der Waals surface area (Å²) in [6, 6.07) is 10.6. The highest BCUT2D eigenvalue weighted by molar-refractivity contribution is 5.77. The molecular formula is C22H26FN3O. The van der Waals surface area contributed by atoms with E-state index in [1.165, 1.54) is 6.07 Å². The van der Waals surface area contributed by atoms with Crippen LogP contribution < -0.4 is 5.32 Å². The van der Waals surface area contributed by atoms with Gasteiger partial charge in [0.2, 0.25) is 5.91 Å². The lowest BCUT2D eigenvalue weighted by Gasteiger charge is -2.18. The molecule has 0 saturated heterocycles. The zero-order valence-corrected chi connectivity index (χ0v) is 16.1. The molecule has 0 bridgehead atoms. The lowest BCUT2D eigenvalue weighted by Crippen LogP contribution is -2.27. The Hall–Kier alpha value is -2.69. The van der Waals surface area contributed by atoms with E-state index in [4.69, 9.17) is 0 Å². The van der Waals surface area contributed by atoms with E-state index in [0.29, 0.717) is 18.0 Å². The third-order valence-corrected chi connectivity index (χ3v) is 4.77. The number of rotatable bonds is 7. The fourth-order valence-corrected chi connectivity index (χ4v) is 3.25. The highest BCUT2D eigenvalue weighted by atomic mass is 19.1. The molecule has 27 heavy (non-hydrogen) atoms. The van der Waals surface area contributed by atoms with E-state index in [-0.39, 0.29) is 18.1 Å². The smallest absolute Gasteiger partial charge is 0.221 e. The highest BCUT2D eigenvalue weighted by Crippen LogP contribution is 2.30. The average Bonchev–Trinajstić information content (AvgIpc) is 3.03. The number of hydrogen-bond donors (Lipinski definition) is 1. The van der Waals surface area contributed by atoms with Crippen LogP contribution in [0.4, 0.5) is 4.39 Å². The molecule has 1 N–H and O–H groups in total. The maximum Gasteiger partial charge on any atom is 0.221 e. The Labute approximate surface area is 159 Å². The van der Waals surface area contributed by atoms with Gasteiger partial charge in [-0.15, -0.1) is 0 Å². The van der Waals surface area contributed by atoms with Gasteiger partial charge in [0.25, 0.3) is 0 Å². The highest BCUT2D eigenvalue weighted by Gasteiger charge is 2.24. The molecule has 1 atom stereocenters. The zero-order chi connectivity index (χ0) is 19.4. The van der Waals surface area contributed by atoms with Crippen LogP contribution in [0.2, 0.25) is 0 Å². The van der Waals surface area contributed by atoms with Gasteiger partial charge < -0.3 is 9.72 Å². The van der Waals surface area contributed by atoms with Crippen LogP contribution in [-0.2, 0) is 4.79 Å². The van der Waals surface area contributed by atoms with Crippen LogP contribution in [0.25, 0.3) is 5.65 Å². The molecule has 0 aliphatic carbocycles. The Morgan fingerprint density at radius 3 is 2.78 bits per heavy atom. The van der Waals surface area contributed by atoms with Crippen molar-refractivity contribution in [3.8, 4) is 0 Å². The molecule has 0 aliphatic heterocycles. The van der Waals surface area contributed by atoms with Gasteiger partial charge in [0.05, 0.1) is 5.69 Å². The van der Waals surface area contributed by atoms with Gasteiger partial charge in [-0.1, -0.05) is 32.0 Å². The number of amides is 1. The number of aromatic nitrogens is 2. The van der Waals surface area contributed by atoms with Crippen molar-refractivity contribution in [1.29, 1.82) is 0 Å². The second kappa shape index (κ2) is 8.33. The maximum absolute atomic E-state index is 14.5. The second-order valence-electron chi connectivity index (χ2n) is 7.43. The summed E-state index contributed by atoms with van der Waals surface area (Å²) < 4.78 is 16.5. The van der Waals surface area contributed by atoms with E-state index in [2.05, 4.69) is 24.1 Å². The van der Waals surface area contributed by atoms with Crippen molar-refractivity contribution < 1.29 is 9.18 Å². The van der Waals surface area contributed by atoms with Gasteiger partial charge in [0.15, 0.2) is 0 Å². The number of fused-ring (bicyclic) bond motifs is 1. The van der Waals surface area contributed by atoms with Crippen LogP contribution >= 0.6 is 0 Å². The SMILES string of the molecule is Cc1ccn2c(C(CC(=O)NCCC(C)C)c3ccccc3F)cnc2c1. The molecule has 1 amide bonds. The number of carbonyl (C=O) groups is 1. The lowest BCUT2D eigenvalue weighted by atomic mass is 9.91. The number of pyridine rings is 1. The largest absolute Gasteiger partial charge is 0.356 e. The molecule has 3 rings (SSSR count). The Kier molecular flexibility index (Phi) is 5.89. The third-order valence-electron chi connectivity index (χ3n) is 4.77. The summed E-state index contributed by atoms with van der Waals surface area (Å²) in [7, 11) is 0. The van der Waals surface area contributed by atoms with Gasteiger partial charge in [-0.3, -0.25) is 4.79 Å². The summed E-state index contributed by atoms with van der Waals surface area (Å²) in [6.07, 6.45) is 4.77. The van der Waals surface area contributed by atoms with E-state index < -0.39 is 5.92 Å². The quantitative estimate of drug-likeness (QED) is 0.670. The van der Waals surface area contributed by atoms with Crippen LogP contribution in [0.1, 0.15) is 49.4 Å². The second-order valence-corrected chi connectivity index (χ2v) is 7.43. The van der Waals surface area contributed by atoms with Crippen molar-refractivity contribution in [3.05, 3.63) is 71.4 Å². The number of carbonyl (C=O) groups excluding carboxylic acids is 1. The van der Waals surface area contributed by atoms with E-state index >= 15 is 0 Å². The van der Waals surface area contributed by atoms with Crippen molar-refractivity contribution in [2.24, 2.45) is 5.92 Å². The fraction of sp³-hybridized carbons (Fsp3) is 0.364. The number of nitrogens with zero attached hydrogens (tertiary/aromatic N) is 2. The molecule has 0 saturated carbocycles. The summed E-state index contributed by atoms with van der Waals surface area (Å²) in [5, 5.41) is 2.96. The summed E-state index contributed by atoms with van der Waals surface area (Å²) in [5.41, 5.74) is 3.23. The molecule has 1 aromatic carbocycles. The molecule has 0 spiro atoms. The van der Waals surface area contributed by atoms with Gasteiger partial charge in [-0.2, -0.15) is 0 Å². The first-order valence-electron chi connectivity index (χ1n) is 9.40. The van der Waals surface area contributed by atoms with Gasteiger partial charge in [0, 0.05) is 31.3 Å². The molecule has 1 unspecified atom stereocenters.